The summed E-state index contributed by atoms with van der Waals surface area (Å²) in [6, 6.07) is 25.6. The van der Waals surface area contributed by atoms with E-state index in [0.29, 0.717) is 17.7 Å². The van der Waals surface area contributed by atoms with Crippen LogP contribution in [0.4, 0.5) is 11.4 Å². The van der Waals surface area contributed by atoms with E-state index in [-0.39, 0.29) is 0 Å². The van der Waals surface area contributed by atoms with Crippen molar-refractivity contribution in [3.63, 3.8) is 0 Å². The minimum atomic E-state index is 0.308. The van der Waals surface area contributed by atoms with Gasteiger partial charge in [-0.3, -0.25) is 0 Å². The molecule has 0 fully saturated rings. The van der Waals surface area contributed by atoms with Crippen LogP contribution in [0.1, 0.15) is 33.4 Å². The highest BCUT2D eigenvalue weighted by Gasteiger charge is 2.22. The molecule has 0 saturated heterocycles. The molecule has 0 aliphatic heterocycles. The van der Waals surface area contributed by atoms with Crippen LogP contribution in [0.2, 0.25) is 0 Å². The van der Waals surface area contributed by atoms with Gasteiger partial charge in [0.2, 0.25) is 0 Å². The lowest BCUT2D eigenvalue weighted by molar-refractivity contribution is 0.379. The van der Waals surface area contributed by atoms with Gasteiger partial charge in [0.25, 0.3) is 0 Å². The van der Waals surface area contributed by atoms with Gasteiger partial charge >= 0.3 is 6.01 Å². The average molecular weight is 529 g/mol. The Morgan fingerprint density at radius 3 is 1.70 bits per heavy atom. The van der Waals surface area contributed by atoms with Gasteiger partial charge in [0.15, 0.2) is 11.6 Å². The Kier molecular flexibility index (Phi) is 7.40. The van der Waals surface area contributed by atoms with E-state index in [2.05, 4.69) is 106 Å². The lowest BCUT2D eigenvalue weighted by Crippen LogP contribution is -2.15. The Morgan fingerprint density at radius 2 is 1.12 bits per heavy atom. The summed E-state index contributed by atoms with van der Waals surface area (Å²) in [5, 5.41) is 0. The molecule has 0 unspecified atom stereocenters. The zero-order valence-corrected chi connectivity index (χ0v) is 24.6. The Labute approximate surface area is 237 Å². The standard InChI is InChI=1S/C35H36N4O/c1-21-13-12-14-22(2)30(21)27-17-19-29(20-18-27)39(7)32-25(5)23(3)31(24(4)26(32)6)34-36-33(37-35(38-34)40-8)28-15-10-9-11-16-28/h9-20H,1-8H3. The van der Waals surface area contributed by atoms with Crippen LogP contribution >= 0.6 is 0 Å². The second kappa shape index (κ2) is 10.9. The minimum Gasteiger partial charge on any atom is -0.467 e. The monoisotopic (exact) mass is 528 g/mol. The van der Waals surface area contributed by atoms with Crippen LogP contribution in [0.15, 0.2) is 72.8 Å². The van der Waals surface area contributed by atoms with Crippen LogP contribution in [0.3, 0.4) is 0 Å². The molecule has 0 atom stereocenters. The number of anilines is 2. The molecule has 0 amide bonds. The van der Waals surface area contributed by atoms with Crippen LogP contribution in [0.5, 0.6) is 6.01 Å². The zero-order valence-electron chi connectivity index (χ0n) is 24.6. The van der Waals surface area contributed by atoms with E-state index in [1.54, 1.807) is 7.11 Å². The van der Waals surface area contributed by atoms with Crippen molar-refractivity contribution >= 4 is 11.4 Å². The number of aryl methyl sites for hydroxylation is 2. The Morgan fingerprint density at radius 1 is 0.550 bits per heavy atom. The summed E-state index contributed by atoms with van der Waals surface area (Å²) >= 11 is 0. The summed E-state index contributed by atoms with van der Waals surface area (Å²) < 4.78 is 5.48. The molecule has 1 aromatic heterocycles. The first-order valence-electron chi connectivity index (χ1n) is 13.6. The van der Waals surface area contributed by atoms with Gasteiger partial charge < -0.3 is 9.64 Å². The topological polar surface area (TPSA) is 51.1 Å². The zero-order chi connectivity index (χ0) is 28.6. The summed E-state index contributed by atoms with van der Waals surface area (Å²) in [5.74, 6) is 1.22. The number of ether oxygens (including phenoxy) is 1. The lowest BCUT2D eigenvalue weighted by atomic mass is 9.90. The third-order valence-electron chi connectivity index (χ3n) is 8.00. The number of rotatable bonds is 6. The number of aromatic nitrogens is 3. The van der Waals surface area contributed by atoms with Gasteiger partial charge in [-0.25, -0.2) is 4.98 Å². The van der Waals surface area contributed by atoms with Crippen LogP contribution in [0, 0.1) is 41.5 Å². The molecule has 0 radical (unpaired) electrons. The average Bonchev–Trinajstić information content (AvgIpc) is 2.97. The summed E-state index contributed by atoms with van der Waals surface area (Å²) in [4.78, 5) is 16.4. The molecule has 0 spiro atoms. The first kappa shape index (κ1) is 27.1. The van der Waals surface area contributed by atoms with Crippen LogP contribution in [-0.4, -0.2) is 29.1 Å². The Bertz CT molecular complexity index is 1640. The van der Waals surface area contributed by atoms with E-state index in [4.69, 9.17) is 9.72 Å². The third kappa shape index (κ3) is 4.84. The molecular weight excluding hydrogens is 492 g/mol. The van der Waals surface area contributed by atoms with E-state index in [0.717, 1.165) is 27.9 Å². The number of hydrogen-bond acceptors (Lipinski definition) is 5. The molecule has 0 bridgehead atoms. The number of benzene rings is 4. The second-order valence-electron chi connectivity index (χ2n) is 10.4. The Hall–Kier alpha value is -4.51. The first-order chi connectivity index (χ1) is 19.2. The summed E-state index contributed by atoms with van der Waals surface area (Å²) in [6.45, 7) is 13.0. The SMILES string of the molecule is COc1nc(-c2ccccc2)nc(-c2c(C)c(C)c(N(C)c3ccc(-c4c(C)cccc4C)cc3)c(C)c2C)n1. The van der Waals surface area contributed by atoms with E-state index >= 15 is 0 Å². The quantitative estimate of drug-likeness (QED) is 0.221. The van der Waals surface area contributed by atoms with Crippen molar-refractivity contribution < 1.29 is 4.74 Å². The number of methoxy groups -OCH3 is 1. The van der Waals surface area contributed by atoms with E-state index in [1.165, 1.54) is 39.1 Å². The van der Waals surface area contributed by atoms with Gasteiger partial charge in [-0.15, -0.1) is 0 Å². The van der Waals surface area contributed by atoms with Crippen molar-refractivity contribution in [2.45, 2.75) is 41.5 Å². The molecule has 0 aliphatic carbocycles. The highest BCUT2D eigenvalue weighted by Crippen LogP contribution is 2.40. The fourth-order valence-electron chi connectivity index (χ4n) is 5.66. The van der Waals surface area contributed by atoms with Gasteiger partial charge in [-0.2, -0.15) is 9.97 Å². The van der Waals surface area contributed by atoms with Crippen molar-refractivity contribution in [3.05, 3.63) is 106 Å². The molecule has 0 saturated carbocycles. The number of hydrogen-bond donors (Lipinski definition) is 0. The van der Waals surface area contributed by atoms with Gasteiger partial charge in [-0.1, -0.05) is 60.7 Å². The first-order valence-corrected chi connectivity index (χ1v) is 13.6. The molecule has 0 N–H and O–H groups in total. The highest BCUT2D eigenvalue weighted by molar-refractivity contribution is 5.81. The maximum Gasteiger partial charge on any atom is 0.320 e. The molecule has 40 heavy (non-hydrogen) atoms. The van der Waals surface area contributed by atoms with E-state index in [9.17, 15) is 0 Å². The van der Waals surface area contributed by atoms with Gasteiger partial charge in [0.1, 0.15) is 0 Å². The van der Waals surface area contributed by atoms with Crippen molar-refractivity contribution in [2.75, 3.05) is 19.1 Å². The molecule has 5 rings (SSSR count). The maximum absolute atomic E-state index is 5.48. The van der Waals surface area contributed by atoms with E-state index in [1.807, 2.05) is 30.3 Å². The predicted molar refractivity (Wildman–Crippen MR) is 166 cm³/mol. The summed E-state index contributed by atoms with van der Waals surface area (Å²) in [5.41, 5.74) is 14.1. The summed E-state index contributed by atoms with van der Waals surface area (Å²) in [6.07, 6.45) is 0. The predicted octanol–water partition coefficient (Wildman–Crippen LogP) is 8.50. The largest absolute Gasteiger partial charge is 0.467 e. The molecule has 202 valence electrons. The van der Waals surface area contributed by atoms with E-state index < -0.39 is 0 Å². The summed E-state index contributed by atoms with van der Waals surface area (Å²) in [7, 11) is 3.73. The van der Waals surface area contributed by atoms with Crippen molar-refractivity contribution in [3.8, 4) is 39.9 Å². The molecule has 5 heteroatoms. The van der Waals surface area contributed by atoms with Crippen molar-refractivity contribution in [1.29, 1.82) is 0 Å². The smallest absolute Gasteiger partial charge is 0.320 e. The van der Waals surface area contributed by atoms with Gasteiger partial charge in [-0.05, 0) is 98.2 Å². The van der Waals surface area contributed by atoms with Crippen LogP contribution in [-0.2, 0) is 0 Å². The highest BCUT2D eigenvalue weighted by atomic mass is 16.5. The molecular formula is C35H36N4O. The Balaban J connectivity index is 1.57. The van der Waals surface area contributed by atoms with Gasteiger partial charge in [0, 0.05) is 29.5 Å². The fourth-order valence-corrected chi connectivity index (χ4v) is 5.66. The van der Waals surface area contributed by atoms with Crippen molar-refractivity contribution in [2.24, 2.45) is 0 Å². The van der Waals surface area contributed by atoms with Crippen molar-refractivity contribution in [1.82, 2.24) is 15.0 Å². The normalized spacial score (nSPS) is 11.0. The molecule has 0 aliphatic rings. The number of nitrogens with zero attached hydrogens (tertiary/aromatic N) is 4. The second-order valence-corrected chi connectivity index (χ2v) is 10.4. The molecule has 5 nitrogen and oxygen atoms in total. The molecule has 5 aromatic rings. The van der Waals surface area contributed by atoms with Crippen LogP contribution < -0.4 is 9.64 Å². The molecule has 4 aromatic carbocycles. The van der Waals surface area contributed by atoms with Crippen LogP contribution in [0.25, 0.3) is 33.9 Å². The third-order valence-corrected chi connectivity index (χ3v) is 8.00. The maximum atomic E-state index is 5.48. The van der Waals surface area contributed by atoms with Gasteiger partial charge in [0.05, 0.1) is 7.11 Å². The minimum absolute atomic E-state index is 0.308. The lowest BCUT2D eigenvalue weighted by Gasteiger charge is -2.28. The fraction of sp³-hybridized carbons (Fsp3) is 0.229. The molecule has 1 heterocycles.